The average molecular weight is 511 g/mol. The van der Waals surface area contributed by atoms with Gasteiger partial charge in [0.05, 0.1) is 12.3 Å². The first-order chi connectivity index (χ1) is 16.5. The van der Waals surface area contributed by atoms with Gasteiger partial charge in [0, 0.05) is 16.1 Å². The third-order valence-electron chi connectivity index (χ3n) is 5.82. The van der Waals surface area contributed by atoms with Gasteiger partial charge in [-0.25, -0.2) is 0 Å². The Morgan fingerprint density at radius 2 is 1.82 bits per heavy atom. The molecule has 0 spiro atoms. The molecule has 4 aromatic rings. The van der Waals surface area contributed by atoms with Crippen molar-refractivity contribution in [1.29, 1.82) is 5.26 Å². The molecule has 0 aromatic heterocycles. The molecule has 0 saturated heterocycles. The van der Waals surface area contributed by atoms with Gasteiger partial charge in [0.25, 0.3) is 0 Å². The zero-order chi connectivity index (χ0) is 23.7. The number of nitrogens with zero attached hydrogens (tertiary/aromatic N) is 1. The lowest BCUT2D eigenvalue weighted by Gasteiger charge is -2.26. The molecule has 0 fully saturated rings. The highest BCUT2D eigenvalue weighted by Gasteiger charge is 2.31. The number of nitriles is 1. The van der Waals surface area contributed by atoms with E-state index < -0.39 is 0 Å². The largest absolute Gasteiger partial charge is 0.440 e. The zero-order valence-corrected chi connectivity index (χ0v) is 19.6. The predicted molar refractivity (Wildman–Crippen MR) is 133 cm³/mol. The molecule has 0 saturated carbocycles. The van der Waals surface area contributed by atoms with Crippen LogP contribution in [0, 0.1) is 11.3 Å². The number of carbonyl (C=O) groups excluding carboxylic acids is 1. The molecule has 0 bridgehead atoms. The monoisotopic (exact) mass is 510 g/mol. The number of ether oxygens (including phenoxy) is 2. The van der Waals surface area contributed by atoms with Gasteiger partial charge in [-0.15, -0.1) is 0 Å². The molecule has 5 nitrogen and oxygen atoms in total. The summed E-state index contributed by atoms with van der Waals surface area (Å²) in [6, 6.07) is 28.9. The van der Waals surface area contributed by atoms with Gasteiger partial charge >= 0.3 is 5.97 Å². The Labute approximate surface area is 205 Å². The van der Waals surface area contributed by atoms with Crippen molar-refractivity contribution in [2.24, 2.45) is 5.73 Å². The minimum Gasteiger partial charge on any atom is -0.440 e. The first-order valence-electron chi connectivity index (χ1n) is 10.7. The van der Waals surface area contributed by atoms with Gasteiger partial charge in [-0.05, 0) is 40.1 Å². The molecular weight excluding hydrogens is 492 g/mol. The van der Waals surface area contributed by atoms with Crippen LogP contribution in [-0.2, 0) is 11.2 Å². The molecule has 4 aromatic carbocycles. The molecule has 1 atom stereocenters. The Morgan fingerprint density at radius 1 is 1.03 bits per heavy atom. The predicted octanol–water partition coefficient (Wildman–Crippen LogP) is 5.97. The fraction of sp³-hybridized carbons (Fsp3) is 0.0714. The van der Waals surface area contributed by atoms with Crippen LogP contribution in [0.4, 0.5) is 0 Å². The summed E-state index contributed by atoms with van der Waals surface area (Å²) in [7, 11) is 0. The zero-order valence-electron chi connectivity index (χ0n) is 18.0. The maximum absolute atomic E-state index is 12.7. The van der Waals surface area contributed by atoms with Crippen LogP contribution in [0.25, 0.3) is 10.8 Å². The Bertz CT molecular complexity index is 1500. The van der Waals surface area contributed by atoms with E-state index in [2.05, 4.69) is 22.0 Å². The van der Waals surface area contributed by atoms with E-state index >= 15 is 0 Å². The number of carbonyl (C=O) groups is 1. The fourth-order valence-electron chi connectivity index (χ4n) is 4.30. The quantitative estimate of drug-likeness (QED) is 0.270. The van der Waals surface area contributed by atoms with E-state index in [1.165, 1.54) is 0 Å². The van der Waals surface area contributed by atoms with Crippen molar-refractivity contribution in [2.75, 3.05) is 0 Å². The van der Waals surface area contributed by atoms with Crippen molar-refractivity contribution in [1.82, 2.24) is 0 Å². The third-order valence-corrected chi connectivity index (χ3v) is 6.31. The van der Waals surface area contributed by atoms with E-state index in [1.54, 1.807) is 12.1 Å². The fourth-order valence-corrected chi connectivity index (χ4v) is 4.71. The van der Waals surface area contributed by atoms with Gasteiger partial charge in [-0.2, -0.15) is 5.26 Å². The van der Waals surface area contributed by atoms with Crippen LogP contribution in [0.2, 0.25) is 0 Å². The van der Waals surface area contributed by atoms with E-state index in [0.717, 1.165) is 31.9 Å². The molecule has 0 radical (unpaired) electrons. The van der Waals surface area contributed by atoms with Crippen molar-refractivity contribution >= 4 is 32.7 Å². The maximum Gasteiger partial charge on any atom is 0.315 e. The summed E-state index contributed by atoms with van der Waals surface area (Å²) in [6.07, 6.45) is 0.139. The van der Waals surface area contributed by atoms with Crippen LogP contribution in [0.3, 0.4) is 0 Å². The van der Waals surface area contributed by atoms with Crippen LogP contribution in [0.1, 0.15) is 22.6 Å². The average Bonchev–Trinajstić information content (AvgIpc) is 2.83. The second-order valence-electron chi connectivity index (χ2n) is 7.97. The van der Waals surface area contributed by atoms with Crippen LogP contribution >= 0.6 is 15.9 Å². The molecule has 1 aliphatic heterocycles. The molecule has 1 aliphatic rings. The van der Waals surface area contributed by atoms with Gasteiger partial charge in [-0.3, -0.25) is 4.79 Å². The highest BCUT2D eigenvalue weighted by molar-refractivity contribution is 9.10. The van der Waals surface area contributed by atoms with Crippen LogP contribution in [-0.4, -0.2) is 5.97 Å². The Morgan fingerprint density at radius 3 is 2.65 bits per heavy atom. The second kappa shape index (κ2) is 9.05. The number of nitrogens with two attached hydrogens (primary N) is 1. The molecule has 166 valence electrons. The van der Waals surface area contributed by atoms with Gasteiger partial charge in [0.2, 0.25) is 5.88 Å². The number of halogens is 1. The topological polar surface area (TPSA) is 85.3 Å². The third kappa shape index (κ3) is 4.14. The van der Waals surface area contributed by atoms with Crippen molar-refractivity contribution in [2.45, 2.75) is 12.3 Å². The molecule has 2 N–H and O–H groups in total. The summed E-state index contributed by atoms with van der Waals surface area (Å²) in [5, 5.41) is 11.8. The van der Waals surface area contributed by atoms with E-state index in [0.29, 0.717) is 17.1 Å². The van der Waals surface area contributed by atoms with E-state index in [9.17, 15) is 10.1 Å². The minimum absolute atomic E-state index is 0.0409. The molecule has 1 unspecified atom stereocenters. The lowest BCUT2D eigenvalue weighted by Crippen LogP contribution is -2.21. The summed E-state index contributed by atoms with van der Waals surface area (Å²) >= 11 is 3.49. The van der Waals surface area contributed by atoms with Crippen molar-refractivity contribution in [3.63, 3.8) is 0 Å². The lowest BCUT2D eigenvalue weighted by atomic mass is 9.83. The first-order valence-corrected chi connectivity index (χ1v) is 11.5. The summed E-state index contributed by atoms with van der Waals surface area (Å²) < 4.78 is 12.3. The number of rotatable bonds is 4. The molecule has 6 heteroatoms. The molecule has 0 aliphatic carbocycles. The number of hydrogen-bond acceptors (Lipinski definition) is 5. The minimum atomic E-state index is -0.383. The number of esters is 1. The number of fused-ring (bicyclic) bond motifs is 2. The smallest absolute Gasteiger partial charge is 0.315 e. The van der Waals surface area contributed by atoms with E-state index in [4.69, 9.17) is 15.2 Å². The lowest BCUT2D eigenvalue weighted by molar-refractivity contribution is -0.133. The van der Waals surface area contributed by atoms with Crippen molar-refractivity contribution in [3.05, 3.63) is 118 Å². The summed E-state index contributed by atoms with van der Waals surface area (Å²) in [4.78, 5) is 12.7. The summed E-state index contributed by atoms with van der Waals surface area (Å²) in [5.74, 6) is 0.0879. The van der Waals surface area contributed by atoms with Gasteiger partial charge < -0.3 is 15.2 Å². The highest BCUT2D eigenvalue weighted by atomic mass is 79.9. The first kappa shape index (κ1) is 21.7. The van der Waals surface area contributed by atoms with Crippen molar-refractivity contribution in [3.8, 4) is 17.6 Å². The SMILES string of the molecule is N#CC1=C(N)Oc2cc(OC(=O)Cc3cccc4ccccc34)ccc2C1c1cccc(Br)c1. The van der Waals surface area contributed by atoms with Crippen molar-refractivity contribution < 1.29 is 14.3 Å². The number of allylic oxidation sites excluding steroid dienone is 1. The summed E-state index contributed by atoms with van der Waals surface area (Å²) in [6.45, 7) is 0. The van der Waals surface area contributed by atoms with E-state index in [1.807, 2.05) is 72.8 Å². The Kier molecular flexibility index (Phi) is 5.79. The molecular formula is C28H19BrN2O3. The van der Waals surface area contributed by atoms with Crippen LogP contribution in [0.5, 0.6) is 11.5 Å². The van der Waals surface area contributed by atoms with Gasteiger partial charge in [-0.1, -0.05) is 76.6 Å². The molecule has 5 rings (SSSR count). The number of hydrogen-bond donors (Lipinski definition) is 1. The molecule has 0 amide bonds. The van der Waals surface area contributed by atoms with Gasteiger partial charge in [0.1, 0.15) is 23.1 Å². The van der Waals surface area contributed by atoms with Crippen LogP contribution < -0.4 is 15.2 Å². The molecule has 1 heterocycles. The van der Waals surface area contributed by atoms with Crippen LogP contribution in [0.15, 0.2) is 101 Å². The standard InChI is InChI=1S/C28H19BrN2O3/c29-20-9-4-8-19(13-20)27-23-12-11-21(15-25(23)34-28(31)24(27)16-30)33-26(32)14-18-7-3-6-17-5-1-2-10-22(17)18/h1-13,15,27H,14,31H2. The molecule has 34 heavy (non-hydrogen) atoms. The maximum atomic E-state index is 12.7. The Hall–Kier alpha value is -4.08. The second-order valence-corrected chi connectivity index (χ2v) is 8.88. The Balaban J connectivity index is 1.43. The van der Waals surface area contributed by atoms with E-state index in [-0.39, 0.29) is 24.2 Å². The summed E-state index contributed by atoms with van der Waals surface area (Å²) in [5.41, 5.74) is 9.01. The normalized spacial score (nSPS) is 14.8. The van der Waals surface area contributed by atoms with Gasteiger partial charge in [0.15, 0.2) is 0 Å². The highest BCUT2D eigenvalue weighted by Crippen LogP contribution is 2.43. The number of benzene rings is 4.